The smallest absolute Gasteiger partial charge is 0.333 e. The van der Waals surface area contributed by atoms with Gasteiger partial charge in [-0.1, -0.05) is 13.0 Å². The Morgan fingerprint density at radius 1 is 1.19 bits per heavy atom. The summed E-state index contributed by atoms with van der Waals surface area (Å²) in [5.41, 5.74) is 0.533. The zero-order chi connectivity index (χ0) is 11.3. The van der Waals surface area contributed by atoms with E-state index >= 15 is 0 Å². The Morgan fingerprint density at radius 2 is 1.94 bits per heavy atom. The first-order valence-electron chi connectivity index (χ1n) is 6.53. The summed E-state index contributed by atoms with van der Waals surface area (Å²) in [5, 5.41) is 0. The standard InChI is InChI=1S/C14H20O2/c1-8(2)14(15)16-13-7-9-6-12(13)11-5-3-4-10(9)11/h9-13H,1,3-7H2,2H3/t9-,10-,11-,12+,13-/m1/s1. The molecule has 0 heterocycles. The molecule has 88 valence electrons. The molecule has 2 heteroatoms. The maximum absolute atomic E-state index is 11.5. The molecule has 2 bridgehead atoms. The van der Waals surface area contributed by atoms with Crippen LogP contribution in [0.25, 0.3) is 0 Å². The largest absolute Gasteiger partial charge is 0.459 e. The molecule has 0 amide bonds. The van der Waals surface area contributed by atoms with E-state index in [1.54, 1.807) is 6.92 Å². The van der Waals surface area contributed by atoms with Crippen LogP contribution in [0.3, 0.4) is 0 Å². The van der Waals surface area contributed by atoms with Gasteiger partial charge < -0.3 is 4.74 Å². The molecule has 0 N–H and O–H groups in total. The topological polar surface area (TPSA) is 26.3 Å². The van der Waals surface area contributed by atoms with Gasteiger partial charge in [-0.25, -0.2) is 4.79 Å². The van der Waals surface area contributed by atoms with Crippen LogP contribution in [0.1, 0.15) is 39.0 Å². The van der Waals surface area contributed by atoms with Crippen LogP contribution < -0.4 is 0 Å². The second-order valence-corrected chi connectivity index (χ2v) is 5.88. The molecule has 3 fully saturated rings. The number of esters is 1. The molecule has 3 aliphatic carbocycles. The lowest BCUT2D eigenvalue weighted by Gasteiger charge is -2.31. The van der Waals surface area contributed by atoms with Gasteiger partial charge in [0.2, 0.25) is 0 Å². The SMILES string of the molecule is C=C(C)C(=O)O[C@@H]1C[C@H]2C[C@H]1[C@@H]1CCC[C@H]21. The van der Waals surface area contributed by atoms with Crippen molar-refractivity contribution in [2.24, 2.45) is 23.7 Å². The van der Waals surface area contributed by atoms with Crippen LogP contribution in [-0.4, -0.2) is 12.1 Å². The fourth-order valence-electron chi connectivity index (χ4n) is 4.38. The molecule has 3 saturated carbocycles. The second kappa shape index (κ2) is 3.61. The number of hydrogen-bond donors (Lipinski definition) is 0. The van der Waals surface area contributed by atoms with Crippen LogP contribution in [-0.2, 0) is 9.53 Å². The summed E-state index contributed by atoms with van der Waals surface area (Å²) < 4.78 is 5.58. The zero-order valence-corrected chi connectivity index (χ0v) is 9.95. The predicted molar refractivity (Wildman–Crippen MR) is 61.7 cm³/mol. The van der Waals surface area contributed by atoms with Crippen LogP contribution >= 0.6 is 0 Å². The quantitative estimate of drug-likeness (QED) is 0.528. The fraction of sp³-hybridized carbons (Fsp3) is 0.786. The molecule has 0 aliphatic heterocycles. The van der Waals surface area contributed by atoms with Crippen LogP contribution in [0.2, 0.25) is 0 Å². The van der Waals surface area contributed by atoms with Crippen molar-refractivity contribution in [3.8, 4) is 0 Å². The molecule has 0 unspecified atom stereocenters. The normalized spacial score (nSPS) is 44.4. The van der Waals surface area contributed by atoms with Gasteiger partial charge in [-0.15, -0.1) is 0 Å². The lowest BCUT2D eigenvalue weighted by molar-refractivity contribution is -0.148. The first-order valence-corrected chi connectivity index (χ1v) is 6.53. The summed E-state index contributed by atoms with van der Waals surface area (Å²) in [7, 11) is 0. The third-order valence-corrected chi connectivity index (χ3v) is 4.97. The molecule has 0 aromatic carbocycles. The lowest BCUT2D eigenvalue weighted by atomic mass is 9.80. The Balaban J connectivity index is 1.68. The minimum Gasteiger partial charge on any atom is -0.459 e. The Morgan fingerprint density at radius 3 is 2.69 bits per heavy atom. The Hall–Kier alpha value is -0.790. The lowest BCUT2D eigenvalue weighted by Crippen LogP contribution is -2.32. The molecule has 0 aromatic rings. The fourth-order valence-corrected chi connectivity index (χ4v) is 4.38. The van der Waals surface area contributed by atoms with Crippen molar-refractivity contribution in [1.82, 2.24) is 0 Å². The summed E-state index contributed by atoms with van der Waals surface area (Å²) in [6, 6.07) is 0. The highest BCUT2D eigenvalue weighted by atomic mass is 16.5. The van der Waals surface area contributed by atoms with Crippen molar-refractivity contribution in [2.45, 2.75) is 45.1 Å². The van der Waals surface area contributed by atoms with Crippen molar-refractivity contribution in [2.75, 3.05) is 0 Å². The van der Waals surface area contributed by atoms with Crippen molar-refractivity contribution in [3.63, 3.8) is 0 Å². The number of ether oxygens (including phenoxy) is 1. The number of rotatable bonds is 2. The third kappa shape index (κ3) is 1.42. The molecule has 16 heavy (non-hydrogen) atoms. The van der Waals surface area contributed by atoms with Gasteiger partial charge in [0.15, 0.2) is 0 Å². The van der Waals surface area contributed by atoms with E-state index in [0.717, 1.165) is 24.2 Å². The summed E-state index contributed by atoms with van der Waals surface area (Å²) in [6.45, 7) is 5.38. The van der Waals surface area contributed by atoms with E-state index in [0.29, 0.717) is 11.5 Å². The molecular weight excluding hydrogens is 200 g/mol. The molecule has 0 saturated heterocycles. The van der Waals surface area contributed by atoms with Crippen LogP contribution in [0, 0.1) is 23.7 Å². The monoisotopic (exact) mass is 220 g/mol. The third-order valence-electron chi connectivity index (χ3n) is 4.97. The molecule has 0 spiro atoms. The summed E-state index contributed by atoms with van der Waals surface area (Å²) >= 11 is 0. The highest BCUT2D eigenvalue weighted by molar-refractivity contribution is 5.87. The minimum absolute atomic E-state index is 0.188. The first kappa shape index (κ1) is 10.4. The summed E-state index contributed by atoms with van der Waals surface area (Å²) in [5.74, 6) is 3.15. The van der Waals surface area contributed by atoms with Crippen molar-refractivity contribution in [3.05, 3.63) is 12.2 Å². The van der Waals surface area contributed by atoms with E-state index < -0.39 is 0 Å². The highest BCUT2D eigenvalue weighted by Crippen LogP contribution is 2.59. The molecule has 5 atom stereocenters. The molecule has 3 aliphatic rings. The maximum Gasteiger partial charge on any atom is 0.333 e. The molecule has 2 nitrogen and oxygen atoms in total. The van der Waals surface area contributed by atoms with Crippen molar-refractivity contribution in [1.29, 1.82) is 0 Å². The second-order valence-electron chi connectivity index (χ2n) is 5.88. The first-order chi connectivity index (χ1) is 7.66. The van der Waals surface area contributed by atoms with Crippen LogP contribution in [0.15, 0.2) is 12.2 Å². The van der Waals surface area contributed by atoms with Gasteiger partial charge in [-0.2, -0.15) is 0 Å². The Labute approximate surface area is 97.1 Å². The van der Waals surface area contributed by atoms with Gasteiger partial charge in [-0.3, -0.25) is 0 Å². The Kier molecular flexibility index (Phi) is 2.34. The number of carbonyl (C=O) groups is 1. The highest BCUT2D eigenvalue weighted by Gasteiger charge is 2.55. The van der Waals surface area contributed by atoms with E-state index in [1.165, 1.54) is 25.7 Å². The van der Waals surface area contributed by atoms with Gasteiger partial charge in [0.05, 0.1) is 0 Å². The molecular formula is C14H20O2. The van der Waals surface area contributed by atoms with E-state index in [2.05, 4.69) is 6.58 Å². The number of carbonyl (C=O) groups excluding carboxylic acids is 1. The van der Waals surface area contributed by atoms with Gasteiger partial charge in [0.1, 0.15) is 6.10 Å². The maximum atomic E-state index is 11.5. The van der Waals surface area contributed by atoms with Gasteiger partial charge in [0.25, 0.3) is 0 Å². The number of hydrogen-bond acceptors (Lipinski definition) is 2. The van der Waals surface area contributed by atoms with E-state index in [-0.39, 0.29) is 12.1 Å². The van der Waals surface area contributed by atoms with Crippen molar-refractivity contribution >= 4 is 5.97 Å². The van der Waals surface area contributed by atoms with E-state index in [1.807, 2.05) is 0 Å². The average Bonchev–Trinajstić information content (AvgIpc) is 2.87. The van der Waals surface area contributed by atoms with E-state index in [9.17, 15) is 4.79 Å². The molecule has 0 radical (unpaired) electrons. The predicted octanol–water partition coefficient (Wildman–Crippen LogP) is 2.93. The van der Waals surface area contributed by atoms with E-state index in [4.69, 9.17) is 4.74 Å². The summed E-state index contributed by atoms with van der Waals surface area (Å²) in [4.78, 5) is 11.5. The summed E-state index contributed by atoms with van der Waals surface area (Å²) in [6.07, 6.45) is 6.81. The Bertz CT molecular complexity index is 334. The molecule has 0 aromatic heterocycles. The van der Waals surface area contributed by atoms with Crippen LogP contribution in [0.5, 0.6) is 0 Å². The average molecular weight is 220 g/mol. The van der Waals surface area contributed by atoms with Crippen molar-refractivity contribution < 1.29 is 9.53 Å². The van der Waals surface area contributed by atoms with Crippen LogP contribution in [0.4, 0.5) is 0 Å². The van der Waals surface area contributed by atoms with Gasteiger partial charge in [0, 0.05) is 5.57 Å². The van der Waals surface area contributed by atoms with Gasteiger partial charge in [-0.05, 0) is 56.3 Å². The van der Waals surface area contributed by atoms with Gasteiger partial charge >= 0.3 is 5.97 Å². The molecule has 3 rings (SSSR count). The minimum atomic E-state index is -0.188. The zero-order valence-electron chi connectivity index (χ0n) is 9.95. The number of fused-ring (bicyclic) bond motifs is 5.